The van der Waals surface area contributed by atoms with Crippen molar-refractivity contribution in [2.75, 3.05) is 6.61 Å². The third-order valence-corrected chi connectivity index (χ3v) is 9.00. The molecule has 0 N–H and O–H groups in total. The van der Waals surface area contributed by atoms with Crippen molar-refractivity contribution < 1.29 is 5.11 Å². The molecule has 1 nitrogen and oxygen atoms in total. The molecule has 0 fully saturated rings. The Morgan fingerprint density at radius 2 is 0.333 bits per heavy atom. The lowest BCUT2D eigenvalue weighted by atomic mass is 10.0. The van der Waals surface area contributed by atoms with Crippen molar-refractivity contribution in [2.24, 2.45) is 0 Å². The predicted octanol–water partition coefficient (Wildman–Crippen LogP) is 14.5. The van der Waals surface area contributed by atoms with Crippen LogP contribution in [0.4, 0.5) is 0 Å². The highest BCUT2D eigenvalue weighted by Crippen LogP contribution is 2.17. The van der Waals surface area contributed by atoms with Gasteiger partial charge in [0, 0.05) is 0 Å². The van der Waals surface area contributed by atoms with Crippen LogP contribution in [0.25, 0.3) is 0 Å². The van der Waals surface area contributed by atoms with Gasteiger partial charge in [0.2, 0.25) is 0 Å². The quantitative estimate of drug-likeness (QED) is 0.0692. The SMILES string of the molecule is CCCCCCCCCCCCCCCCCCCCCCCCCCCCCCCCCCCCCC[O]. The van der Waals surface area contributed by atoms with Crippen molar-refractivity contribution in [3.8, 4) is 0 Å². The molecule has 0 unspecified atom stereocenters. The molecule has 0 saturated heterocycles. The van der Waals surface area contributed by atoms with Gasteiger partial charge in [0.05, 0.1) is 6.61 Å². The second-order valence-corrected chi connectivity index (χ2v) is 13.1. The summed E-state index contributed by atoms with van der Waals surface area (Å²) in [5, 5.41) is 10.4. The monoisotopic (exact) mass is 550 g/mol. The van der Waals surface area contributed by atoms with Crippen molar-refractivity contribution in [2.45, 2.75) is 238 Å². The van der Waals surface area contributed by atoms with Gasteiger partial charge in [-0.15, -0.1) is 0 Å². The molecule has 0 aromatic carbocycles. The first-order valence-corrected chi connectivity index (χ1v) is 19.0. The molecule has 0 aromatic rings. The van der Waals surface area contributed by atoms with Gasteiger partial charge in [0.15, 0.2) is 0 Å². The van der Waals surface area contributed by atoms with Crippen LogP contribution in [0, 0.1) is 0 Å². The summed E-state index contributed by atoms with van der Waals surface area (Å²) < 4.78 is 0. The van der Waals surface area contributed by atoms with E-state index in [0.29, 0.717) is 0 Å². The molecular weight excluding hydrogens is 472 g/mol. The van der Waals surface area contributed by atoms with Crippen molar-refractivity contribution in [1.29, 1.82) is 0 Å². The Labute approximate surface area is 249 Å². The summed E-state index contributed by atoms with van der Waals surface area (Å²) in [5.41, 5.74) is 0. The molecule has 1 radical (unpaired) electrons. The summed E-state index contributed by atoms with van der Waals surface area (Å²) in [4.78, 5) is 0. The van der Waals surface area contributed by atoms with Crippen molar-refractivity contribution in [1.82, 2.24) is 0 Å². The standard InChI is InChI=1S/C38H77O/c1-2-3-4-5-6-7-8-9-10-11-12-13-14-15-16-17-18-19-20-21-22-23-24-25-26-27-28-29-30-31-32-33-34-35-36-37-38-39/h2-38H2,1H3. The molecular formula is C38H77O. The van der Waals surface area contributed by atoms with E-state index >= 15 is 0 Å². The van der Waals surface area contributed by atoms with Crippen LogP contribution >= 0.6 is 0 Å². The highest BCUT2D eigenvalue weighted by Gasteiger charge is 1.97. The Morgan fingerprint density at radius 1 is 0.205 bits per heavy atom. The summed E-state index contributed by atoms with van der Waals surface area (Å²) in [5.74, 6) is 0. The lowest BCUT2D eigenvalue weighted by Gasteiger charge is -2.05. The zero-order chi connectivity index (χ0) is 28.2. The molecule has 39 heavy (non-hydrogen) atoms. The molecule has 0 rings (SSSR count). The minimum absolute atomic E-state index is 0.125. The van der Waals surface area contributed by atoms with Crippen LogP contribution in [0.2, 0.25) is 0 Å². The molecule has 0 amide bonds. The van der Waals surface area contributed by atoms with Crippen LogP contribution in [0.1, 0.15) is 238 Å². The minimum Gasteiger partial charge on any atom is -0.237 e. The van der Waals surface area contributed by atoms with Crippen molar-refractivity contribution in [3.63, 3.8) is 0 Å². The number of rotatable bonds is 36. The molecule has 0 heterocycles. The number of unbranched alkanes of at least 4 members (excludes halogenated alkanes) is 35. The van der Waals surface area contributed by atoms with Gasteiger partial charge in [0.25, 0.3) is 0 Å². The van der Waals surface area contributed by atoms with Crippen LogP contribution < -0.4 is 0 Å². The van der Waals surface area contributed by atoms with Crippen LogP contribution in [-0.4, -0.2) is 6.61 Å². The first-order chi connectivity index (χ1) is 19.4. The fraction of sp³-hybridized carbons (Fsp3) is 1.00. The van der Waals surface area contributed by atoms with E-state index in [1.54, 1.807) is 0 Å². The largest absolute Gasteiger partial charge is 0.237 e. The first kappa shape index (κ1) is 39.0. The average molecular weight is 550 g/mol. The Bertz CT molecular complexity index is 356. The molecule has 0 aromatic heterocycles. The third kappa shape index (κ3) is 38.0. The average Bonchev–Trinajstić information content (AvgIpc) is 2.95. The van der Waals surface area contributed by atoms with E-state index in [9.17, 15) is 5.11 Å². The van der Waals surface area contributed by atoms with E-state index in [-0.39, 0.29) is 6.61 Å². The van der Waals surface area contributed by atoms with Gasteiger partial charge in [-0.3, -0.25) is 0 Å². The zero-order valence-electron chi connectivity index (χ0n) is 27.6. The minimum atomic E-state index is 0.125. The molecule has 0 saturated carbocycles. The first-order valence-electron chi connectivity index (χ1n) is 19.0. The van der Waals surface area contributed by atoms with Gasteiger partial charge in [-0.25, -0.2) is 5.11 Å². The smallest absolute Gasteiger partial charge is 0.0822 e. The normalized spacial score (nSPS) is 11.5. The van der Waals surface area contributed by atoms with Crippen LogP contribution in [0.15, 0.2) is 0 Å². The number of hydrogen-bond donors (Lipinski definition) is 0. The molecule has 1 heteroatoms. The summed E-state index contributed by atoms with van der Waals surface area (Å²) in [7, 11) is 0. The second-order valence-electron chi connectivity index (χ2n) is 13.1. The van der Waals surface area contributed by atoms with Gasteiger partial charge in [-0.05, 0) is 6.42 Å². The zero-order valence-corrected chi connectivity index (χ0v) is 27.6. The molecule has 235 valence electrons. The third-order valence-electron chi connectivity index (χ3n) is 9.00. The molecule has 0 spiro atoms. The van der Waals surface area contributed by atoms with Gasteiger partial charge < -0.3 is 0 Å². The van der Waals surface area contributed by atoms with Crippen LogP contribution in [-0.2, 0) is 5.11 Å². The van der Waals surface area contributed by atoms with Crippen LogP contribution in [0.3, 0.4) is 0 Å². The van der Waals surface area contributed by atoms with Gasteiger partial charge >= 0.3 is 0 Å². The lowest BCUT2D eigenvalue weighted by molar-refractivity contribution is 0.186. The molecule has 0 aliphatic heterocycles. The van der Waals surface area contributed by atoms with E-state index in [0.717, 1.165) is 12.8 Å². The van der Waals surface area contributed by atoms with Crippen molar-refractivity contribution in [3.05, 3.63) is 0 Å². The molecule has 0 aliphatic rings. The van der Waals surface area contributed by atoms with E-state index in [1.807, 2.05) is 0 Å². The second kappa shape index (κ2) is 38.0. The Balaban J connectivity index is 3.01. The molecule has 0 atom stereocenters. The predicted molar refractivity (Wildman–Crippen MR) is 177 cm³/mol. The highest BCUT2D eigenvalue weighted by molar-refractivity contribution is 4.53. The Kier molecular flexibility index (Phi) is 37.9. The van der Waals surface area contributed by atoms with Gasteiger partial charge in [0.1, 0.15) is 0 Å². The van der Waals surface area contributed by atoms with Gasteiger partial charge in [-0.1, -0.05) is 232 Å². The lowest BCUT2D eigenvalue weighted by Crippen LogP contribution is -1.85. The molecule has 0 bridgehead atoms. The summed E-state index contributed by atoms with van der Waals surface area (Å²) in [6.07, 6.45) is 51.7. The maximum absolute atomic E-state index is 10.4. The Morgan fingerprint density at radius 3 is 0.462 bits per heavy atom. The Hall–Kier alpha value is -0.0400. The van der Waals surface area contributed by atoms with E-state index < -0.39 is 0 Å². The fourth-order valence-corrected chi connectivity index (χ4v) is 6.19. The summed E-state index contributed by atoms with van der Waals surface area (Å²) in [6.45, 7) is 2.43. The van der Waals surface area contributed by atoms with E-state index in [1.165, 1.54) is 218 Å². The summed E-state index contributed by atoms with van der Waals surface area (Å²) in [6, 6.07) is 0. The number of hydrogen-bond acceptors (Lipinski definition) is 0. The fourth-order valence-electron chi connectivity index (χ4n) is 6.19. The van der Waals surface area contributed by atoms with Crippen molar-refractivity contribution >= 4 is 0 Å². The maximum atomic E-state index is 10.4. The van der Waals surface area contributed by atoms with Crippen LogP contribution in [0.5, 0.6) is 0 Å². The van der Waals surface area contributed by atoms with E-state index in [2.05, 4.69) is 6.92 Å². The highest BCUT2D eigenvalue weighted by atomic mass is 16.2. The van der Waals surface area contributed by atoms with E-state index in [4.69, 9.17) is 0 Å². The topological polar surface area (TPSA) is 19.9 Å². The summed E-state index contributed by atoms with van der Waals surface area (Å²) >= 11 is 0. The maximum Gasteiger partial charge on any atom is 0.0822 e. The molecule has 0 aliphatic carbocycles. The van der Waals surface area contributed by atoms with Gasteiger partial charge in [-0.2, -0.15) is 0 Å².